The predicted molar refractivity (Wildman–Crippen MR) is 75.9 cm³/mol. The number of ether oxygens (including phenoxy) is 3. The summed E-state index contributed by atoms with van der Waals surface area (Å²) in [7, 11) is 0. The smallest absolute Gasteiger partial charge is 0.508 e. The molecule has 2 rings (SSSR count). The van der Waals surface area contributed by atoms with Gasteiger partial charge in [0.25, 0.3) is 0 Å². The molecule has 1 saturated heterocycles. The van der Waals surface area contributed by atoms with Crippen molar-refractivity contribution in [1.82, 2.24) is 0 Å². The van der Waals surface area contributed by atoms with Crippen molar-refractivity contribution in [2.75, 3.05) is 32.9 Å². The van der Waals surface area contributed by atoms with Gasteiger partial charge in [-0.15, -0.1) is 0 Å². The third-order valence-electron chi connectivity index (χ3n) is 3.10. The van der Waals surface area contributed by atoms with Gasteiger partial charge in [0.15, 0.2) is 0 Å². The van der Waals surface area contributed by atoms with E-state index in [-0.39, 0.29) is 13.2 Å². The number of benzene rings is 1. The Kier molecular flexibility index (Phi) is 5.74. The summed E-state index contributed by atoms with van der Waals surface area (Å²) < 4.78 is 14.5. The lowest BCUT2D eigenvalue weighted by molar-refractivity contribution is -0.838. The maximum atomic E-state index is 12.1. The van der Waals surface area contributed by atoms with E-state index in [4.69, 9.17) is 14.2 Å². The van der Waals surface area contributed by atoms with E-state index in [0.29, 0.717) is 26.3 Å². The van der Waals surface area contributed by atoms with Gasteiger partial charge in [0.05, 0.1) is 19.4 Å². The molecule has 0 aliphatic carbocycles. The van der Waals surface area contributed by atoms with Crippen molar-refractivity contribution in [3.8, 4) is 0 Å². The summed E-state index contributed by atoms with van der Waals surface area (Å²) in [4.78, 5) is 11.4. The first kappa shape index (κ1) is 15.5. The lowest BCUT2D eigenvalue weighted by atomic mass is 10.2. The van der Waals surface area contributed by atoms with Crippen LogP contribution in [-0.4, -0.2) is 43.7 Å². The molecule has 0 N–H and O–H groups in total. The van der Waals surface area contributed by atoms with Crippen molar-refractivity contribution in [2.45, 2.75) is 6.61 Å². The van der Waals surface area contributed by atoms with Gasteiger partial charge in [-0.05, 0) is 5.56 Å². The summed E-state index contributed by atoms with van der Waals surface area (Å²) >= 11 is 0. The minimum absolute atomic E-state index is 0.0245. The Morgan fingerprint density at radius 1 is 1.24 bits per heavy atom. The van der Waals surface area contributed by atoms with Crippen molar-refractivity contribution in [2.24, 2.45) is 0 Å². The summed E-state index contributed by atoms with van der Waals surface area (Å²) in [5.74, 6) is 0. The Bertz CT molecular complexity index is 468. The monoisotopic (exact) mass is 293 g/mol. The molecule has 0 radical (unpaired) electrons. The Morgan fingerprint density at radius 3 is 2.67 bits per heavy atom. The summed E-state index contributed by atoms with van der Waals surface area (Å²) in [6.07, 6.45) is 2.29. The van der Waals surface area contributed by atoms with Gasteiger partial charge in [-0.1, -0.05) is 30.3 Å². The lowest BCUT2D eigenvalue weighted by Crippen LogP contribution is -2.46. The van der Waals surface area contributed by atoms with E-state index in [0.717, 1.165) is 5.56 Å². The van der Waals surface area contributed by atoms with Crippen LogP contribution in [0.5, 0.6) is 0 Å². The van der Waals surface area contributed by atoms with Gasteiger partial charge in [0, 0.05) is 6.08 Å². The molecule has 1 aliphatic heterocycles. The number of quaternary nitrogens is 1. The maximum absolute atomic E-state index is 12.1. The molecule has 1 aromatic rings. The third kappa shape index (κ3) is 5.55. The highest BCUT2D eigenvalue weighted by Gasteiger charge is 2.17. The summed E-state index contributed by atoms with van der Waals surface area (Å²) in [5.41, 5.74) is 0.891. The van der Waals surface area contributed by atoms with Crippen LogP contribution in [0.1, 0.15) is 5.56 Å². The second-order valence-corrected chi connectivity index (χ2v) is 4.73. The van der Waals surface area contributed by atoms with E-state index in [2.05, 4.69) is 0 Å². The Labute approximate surface area is 123 Å². The molecule has 114 valence electrons. The Morgan fingerprint density at radius 2 is 1.95 bits per heavy atom. The first-order valence-electron chi connectivity index (χ1n) is 6.85. The number of hydroxylamine groups is 3. The zero-order chi connectivity index (χ0) is 15.0. The van der Waals surface area contributed by atoms with E-state index in [1.807, 2.05) is 30.3 Å². The number of hydrogen-bond acceptors (Lipinski definition) is 5. The average molecular weight is 293 g/mol. The van der Waals surface area contributed by atoms with Crippen LogP contribution < -0.4 is 0 Å². The normalized spacial score (nSPS) is 17.6. The molecule has 0 bridgehead atoms. The van der Waals surface area contributed by atoms with E-state index in [1.165, 1.54) is 6.20 Å². The molecule has 6 heteroatoms. The van der Waals surface area contributed by atoms with Crippen molar-refractivity contribution in [3.63, 3.8) is 0 Å². The van der Waals surface area contributed by atoms with Crippen LogP contribution in [0.15, 0.2) is 42.6 Å². The molecule has 1 heterocycles. The molecule has 21 heavy (non-hydrogen) atoms. The number of nitrogens with zero attached hydrogens (tertiary/aromatic N) is 1. The zero-order valence-corrected chi connectivity index (χ0v) is 11.8. The van der Waals surface area contributed by atoms with Crippen molar-refractivity contribution in [3.05, 3.63) is 53.4 Å². The second kappa shape index (κ2) is 7.78. The molecule has 1 aliphatic rings. The van der Waals surface area contributed by atoms with Crippen molar-refractivity contribution >= 4 is 6.16 Å². The van der Waals surface area contributed by atoms with Gasteiger partial charge in [-0.3, -0.25) is 0 Å². The van der Waals surface area contributed by atoms with E-state index in [9.17, 15) is 10.0 Å². The highest BCUT2D eigenvalue weighted by atomic mass is 16.7. The topological polar surface area (TPSA) is 67.8 Å². The van der Waals surface area contributed by atoms with Gasteiger partial charge in [0.1, 0.15) is 26.3 Å². The van der Waals surface area contributed by atoms with Crippen LogP contribution in [0.3, 0.4) is 0 Å². The summed E-state index contributed by atoms with van der Waals surface area (Å²) in [5, 5.41) is 12.1. The number of carbonyl (C=O) groups is 1. The van der Waals surface area contributed by atoms with Crippen molar-refractivity contribution in [1.29, 1.82) is 0 Å². The average Bonchev–Trinajstić information content (AvgIpc) is 2.51. The molecule has 1 fully saturated rings. The number of morpholine rings is 1. The molecule has 0 spiro atoms. The van der Waals surface area contributed by atoms with E-state index >= 15 is 0 Å². The number of carbonyl (C=O) groups excluding carboxylic acids is 1. The molecule has 1 aromatic carbocycles. The summed E-state index contributed by atoms with van der Waals surface area (Å²) in [6.45, 7) is 1.87. The fraction of sp³-hybridized carbons (Fsp3) is 0.400. The minimum atomic E-state index is -0.747. The molecule has 0 amide bonds. The first-order chi connectivity index (χ1) is 10.2. The van der Waals surface area contributed by atoms with Crippen LogP contribution in [0, 0.1) is 5.21 Å². The molecule has 0 atom stereocenters. The van der Waals surface area contributed by atoms with Crippen LogP contribution in [0.4, 0.5) is 4.79 Å². The minimum Gasteiger partial charge on any atom is -0.628 e. The van der Waals surface area contributed by atoms with E-state index < -0.39 is 10.8 Å². The van der Waals surface area contributed by atoms with Gasteiger partial charge in [0.2, 0.25) is 0 Å². The van der Waals surface area contributed by atoms with Gasteiger partial charge < -0.3 is 24.1 Å². The van der Waals surface area contributed by atoms with Crippen molar-refractivity contribution < 1.29 is 23.7 Å². The highest BCUT2D eigenvalue weighted by Crippen LogP contribution is 2.09. The zero-order valence-electron chi connectivity index (χ0n) is 11.8. The van der Waals surface area contributed by atoms with Gasteiger partial charge in [-0.2, -0.15) is 0 Å². The molecule has 0 saturated carbocycles. The SMILES string of the molecule is O=C(OC/C=C/[N+]1([O-])CCOCC1)OCc1ccccc1. The standard InChI is InChI=1S/C15H19NO5/c17-15(21-13-14-5-2-1-3-6-14)20-10-4-7-16(18)8-11-19-12-9-16/h1-7H,8-13H2/b7-4+. The number of hydrogen-bond donors (Lipinski definition) is 0. The highest BCUT2D eigenvalue weighted by molar-refractivity contribution is 5.60. The molecule has 6 nitrogen and oxygen atoms in total. The molecule has 0 unspecified atom stereocenters. The largest absolute Gasteiger partial charge is 0.628 e. The molecule has 0 aromatic heterocycles. The third-order valence-corrected chi connectivity index (χ3v) is 3.10. The van der Waals surface area contributed by atoms with Gasteiger partial charge >= 0.3 is 6.16 Å². The lowest BCUT2D eigenvalue weighted by Gasteiger charge is -2.41. The van der Waals surface area contributed by atoms with Crippen LogP contribution in [0.2, 0.25) is 0 Å². The second-order valence-electron chi connectivity index (χ2n) is 4.73. The van der Waals surface area contributed by atoms with Crippen LogP contribution >= 0.6 is 0 Å². The van der Waals surface area contributed by atoms with Gasteiger partial charge in [-0.25, -0.2) is 4.79 Å². The fourth-order valence-corrected chi connectivity index (χ4v) is 1.91. The Balaban J connectivity index is 1.65. The van der Waals surface area contributed by atoms with Crippen LogP contribution in [-0.2, 0) is 20.8 Å². The fourth-order valence-electron chi connectivity index (χ4n) is 1.91. The first-order valence-corrected chi connectivity index (χ1v) is 6.85. The summed E-state index contributed by atoms with van der Waals surface area (Å²) in [6, 6.07) is 9.34. The Hall–Kier alpha value is -1.89. The maximum Gasteiger partial charge on any atom is 0.508 e. The molecular weight excluding hydrogens is 274 g/mol. The molecular formula is C15H19NO5. The predicted octanol–water partition coefficient (Wildman–Crippen LogP) is 2.20. The quantitative estimate of drug-likeness (QED) is 0.473. The van der Waals surface area contributed by atoms with E-state index in [1.54, 1.807) is 6.08 Å². The van der Waals surface area contributed by atoms with Crippen LogP contribution in [0.25, 0.3) is 0 Å². The number of rotatable bonds is 5.